The Morgan fingerprint density at radius 1 is 1.30 bits per heavy atom. The molecule has 1 atom stereocenters. The highest BCUT2D eigenvalue weighted by Gasteiger charge is 2.24. The molecular weight excluding hydrogens is 282 g/mol. The van der Waals surface area contributed by atoms with Crippen molar-refractivity contribution in [2.24, 2.45) is 5.73 Å². The monoisotopic (exact) mass is 305 g/mol. The van der Waals surface area contributed by atoms with Gasteiger partial charge >= 0.3 is 0 Å². The van der Waals surface area contributed by atoms with Crippen LogP contribution in [0.4, 0.5) is 0 Å². The fraction of sp³-hybridized carbons (Fsp3) is 0.833. The second-order valence-corrected chi connectivity index (χ2v) is 7.57. The Hall–Kier alpha value is -1.15. The van der Waals surface area contributed by atoms with Gasteiger partial charge in [0.15, 0.2) is 0 Å². The predicted molar refractivity (Wildman–Crippen MR) is 75.8 cm³/mol. The van der Waals surface area contributed by atoms with Crippen LogP contribution < -0.4 is 5.73 Å². The van der Waals surface area contributed by atoms with Crippen LogP contribution in [0.15, 0.2) is 0 Å². The maximum absolute atomic E-state index is 11.9. The molecule has 1 rings (SSSR count). The van der Waals surface area contributed by atoms with Crippen LogP contribution in [0.1, 0.15) is 19.3 Å². The molecule has 0 spiro atoms. The van der Waals surface area contributed by atoms with Gasteiger partial charge in [-0.05, 0) is 19.3 Å². The van der Waals surface area contributed by atoms with E-state index >= 15 is 0 Å². The summed E-state index contributed by atoms with van der Waals surface area (Å²) in [5, 5.41) is 0. The summed E-state index contributed by atoms with van der Waals surface area (Å²) in [5.41, 5.74) is 5.67. The average Bonchev–Trinajstić information content (AvgIpc) is 2.87. The van der Waals surface area contributed by atoms with Crippen LogP contribution in [0, 0.1) is 0 Å². The predicted octanol–water partition coefficient (Wildman–Crippen LogP) is -1.17. The van der Waals surface area contributed by atoms with Gasteiger partial charge in [0, 0.05) is 26.4 Å². The molecule has 0 aliphatic carbocycles. The Morgan fingerprint density at radius 2 is 1.85 bits per heavy atom. The smallest absolute Gasteiger partial charge is 0.242 e. The third-order valence-corrected chi connectivity index (χ3v) is 4.30. The Morgan fingerprint density at radius 3 is 2.35 bits per heavy atom. The van der Waals surface area contributed by atoms with Crippen molar-refractivity contribution in [3.8, 4) is 0 Å². The number of rotatable bonds is 6. The van der Waals surface area contributed by atoms with E-state index in [4.69, 9.17) is 5.73 Å². The van der Waals surface area contributed by atoms with Crippen LogP contribution in [-0.4, -0.2) is 74.8 Å². The quantitative estimate of drug-likeness (QED) is 0.666. The first-order valence-electron chi connectivity index (χ1n) is 6.67. The van der Waals surface area contributed by atoms with E-state index in [-0.39, 0.29) is 24.6 Å². The summed E-state index contributed by atoms with van der Waals surface area (Å²) in [6.45, 7) is 1.47. The number of sulfone groups is 1. The van der Waals surface area contributed by atoms with Gasteiger partial charge < -0.3 is 15.5 Å². The number of carbonyl (C=O) groups excluding carboxylic acids is 2. The lowest BCUT2D eigenvalue weighted by molar-refractivity contribution is -0.139. The van der Waals surface area contributed by atoms with Gasteiger partial charge in [-0.15, -0.1) is 0 Å². The number of nitrogens with two attached hydrogens (primary N) is 1. The molecule has 1 unspecified atom stereocenters. The summed E-state index contributed by atoms with van der Waals surface area (Å²) in [7, 11) is -1.63. The van der Waals surface area contributed by atoms with Gasteiger partial charge in [0.25, 0.3) is 0 Å². The third-order valence-electron chi connectivity index (χ3n) is 3.32. The van der Waals surface area contributed by atoms with Crippen LogP contribution in [-0.2, 0) is 19.4 Å². The topological polar surface area (TPSA) is 101 Å². The number of carbonyl (C=O) groups is 2. The second-order valence-electron chi connectivity index (χ2n) is 5.31. The molecule has 1 aliphatic heterocycles. The van der Waals surface area contributed by atoms with E-state index < -0.39 is 21.8 Å². The molecule has 8 heteroatoms. The van der Waals surface area contributed by atoms with Gasteiger partial charge in [-0.25, -0.2) is 8.42 Å². The number of likely N-dealkylation sites (tertiary alicyclic amines) is 1. The van der Waals surface area contributed by atoms with Crippen molar-refractivity contribution in [1.29, 1.82) is 0 Å². The zero-order chi connectivity index (χ0) is 15.3. The summed E-state index contributed by atoms with van der Waals surface area (Å²) < 4.78 is 22.1. The second kappa shape index (κ2) is 7.03. The minimum Gasteiger partial charge on any atom is -0.341 e. The highest BCUT2D eigenvalue weighted by molar-refractivity contribution is 7.90. The molecule has 1 aliphatic rings. The van der Waals surface area contributed by atoms with Crippen molar-refractivity contribution in [2.75, 3.05) is 38.7 Å². The molecule has 7 nitrogen and oxygen atoms in total. The number of likely N-dealkylation sites (N-methyl/N-ethyl adjacent to an activating group) is 1. The SMILES string of the molecule is CN(CC(=O)N1CCCC1)C(=O)C(N)CCS(C)(=O)=O. The average molecular weight is 305 g/mol. The fourth-order valence-electron chi connectivity index (χ4n) is 2.09. The van der Waals surface area contributed by atoms with Crippen LogP contribution in [0.5, 0.6) is 0 Å². The lowest BCUT2D eigenvalue weighted by atomic mass is 10.2. The molecule has 0 radical (unpaired) electrons. The summed E-state index contributed by atoms with van der Waals surface area (Å²) in [4.78, 5) is 26.8. The first-order valence-corrected chi connectivity index (χ1v) is 8.73. The maximum atomic E-state index is 11.9. The van der Waals surface area contributed by atoms with E-state index in [0.29, 0.717) is 0 Å². The molecule has 0 saturated carbocycles. The Balaban J connectivity index is 2.43. The van der Waals surface area contributed by atoms with Gasteiger partial charge in [0.1, 0.15) is 9.84 Å². The highest BCUT2D eigenvalue weighted by Crippen LogP contribution is 2.08. The summed E-state index contributed by atoms with van der Waals surface area (Å²) >= 11 is 0. The molecular formula is C12H23N3O4S. The summed E-state index contributed by atoms with van der Waals surface area (Å²) in [5.74, 6) is -0.622. The number of nitrogens with zero attached hydrogens (tertiary/aromatic N) is 2. The van der Waals surface area contributed by atoms with Gasteiger partial charge in [0.05, 0.1) is 18.3 Å². The highest BCUT2D eigenvalue weighted by atomic mass is 32.2. The largest absolute Gasteiger partial charge is 0.341 e. The van der Waals surface area contributed by atoms with Gasteiger partial charge in [-0.2, -0.15) is 0 Å². The van der Waals surface area contributed by atoms with Crippen molar-refractivity contribution in [2.45, 2.75) is 25.3 Å². The van der Waals surface area contributed by atoms with E-state index in [0.717, 1.165) is 32.2 Å². The van der Waals surface area contributed by atoms with Crippen LogP contribution >= 0.6 is 0 Å². The van der Waals surface area contributed by atoms with Crippen LogP contribution in [0.25, 0.3) is 0 Å². The lowest BCUT2D eigenvalue weighted by Gasteiger charge is -2.23. The van der Waals surface area contributed by atoms with Gasteiger partial charge in [-0.1, -0.05) is 0 Å². The minimum absolute atomic E-state index is 0.00852. The van der Waals surface area contributed by atoms with E-state index in [9.17, 15) is 18.0 Å². The Kier molecular flexibility index (Phi) is 5.94. The molecule has 20 heavy (non-hydrogen) atoms. The normalized spacial score (nSPS) is 17.1. The van der Waals surface area contributed by atoms with Crippen LogP contribution in [0.3, 0.4) is 0 Å². The number of amides is 2. The van der Waals surface area contributed by atoms with Crippen molar-refractivity contribution >= 4 is 21.7 Å². The standard InChI is InChI=1S/C12H23N3O4S/c1-14(9-11(16)15-6-3-4-7-15)12(17)10(13)5-8-20(2,18)19/h10H,3-9,13H2,1-2H3. The lowest BCUT2D eigenvalue weighted by Crippen LogP contribution is -2.47. The van der Waals surface area contributed by atoms with Crippen LogP contribution in [0.2, 0.25) is 0 Å². The molecule has 0 aromatic heterocycles. The minimum atomic E-state index is -3.14. The van der Waals surface area contributed by atoms with Crippen molar-refractivity contribution in [3.05, 3.63) is 0 Å². The molecule has 0 bridgehead atoms. The van der Waals surface area contributed by atoms with Gasteiger partial charge in [0.2, 0.25) is 11.8 Å². The molecule has 116 valence electrons. The molecule has 1 fully saturated rings. The molecule has 1 saturated heterocycles. The summed E-state index contributed by atoms with van der Waals surface area (Å²) in [6.07, 6.45) is 3.17. The first kappa shape index (κ1) is 16.9. The zero-order valence-corrected chi connectivity index (χ0v) is 12.9. The van der Waals surface area contributed by atoms with E-state index in [1.807, 2.05) is 0 Å². The Labute approximate surface area is 120 Å². The first-order chi connectivity index (χ1) is 9.20. The van der Waals surface area contributed by atoms with Crippen molar-refractivity contribution in [1.82, 2.24) is 9.80 Å². The maximum Gasteiger partial charge on any atom is 0.242 e. The van der Waals surface area contributed by atoms with Crippen molar-refractivity contribution < 1.29 is 18.0 Å². The number of hydrogen-bond donors (Lipinski definition) is 1. The molecule has 0 aromatic rings. The number of hydrogen-bond acceptors (Lipinski definition) is 5. The fourth-order valence-corrected chi connectivity index (χ4v) is 2.78. The van der Waals surface area contributed by atoms with Gasteiger partial charge in [-0.3, -0.25) is 9.59 Å². The third kappa shape index (κ3) is 5.46. The van der Waals surface area contributed by atoms with Crippen molar-refractivity contribution in [3.63, 3.8) is 0 Å². The molecule has 1 heterocycles. The summed E-state index contributed by atoms with van der Waals surface area (Å²) in [6, 6.07) is -0.888. The van der Waals surface area contributed by atoms with E-state index in [1.165, 1.54) is 11.9 Å². The van der Waals surface area contributed by atoms with E-state index in [1.54, 1.807) is 4.90 Å². The van der Waals surface area contributed by atoms with E-state index in [2.05, 4.69) is 0 Å². The Bertz CT molecular complexity index is 457. The molecule has 0 aromatic carbocycles. The zero-order valence-electron chi connectivity index (χ0n) is 12.0. The molecule has 2 N–H and O–H groups in total. The molecule has 2 amide bonds.